The fourth-order valence-corrected chi connectivity index (χ4v) is 3.95. The van der Waals surface area contributed by atoms with Gasteiger partial charge in [0.2, 0.25) is 11.8 Å². The molecule has 0 bridgehead atoms. The fourth-order valence-electron chi connectivity index (χ4n) is 3.69. The van der Waals surface area contributed by atoms with Gasteiger partial charge in [-0.2, -0.15) is 0 Å². The van der Waals surface area contributed by atoms with Gasteiger partial charge in [-0.3, -0.25) is 14.5 Å². The lowest BCUT2D eigenvalue weighted by atomic mass is 9.94. The SMILES string of the molecule is O=C(NC1CCCCC1)C(c1ccc(Cl)cc1)N(C(=O)CCl)c1ccc(F)cc1. The molecular weight excluding hydrogens is 414 g/mol. The van der Waals surface area contributed by atoms with Crippen LogP contribution < -0.4 is 10.2 Å². The Hall–Kier alpha value is -2.11. The monoisotopic (exact) mass is 436 g/mol. The van der Waals surface area contributed by atoms with Gasteiger partial charge in [-0.15, -0.1) is 11.6 Å². The molecule has 29 heavy (non-hydrogen) atoms. The number of nitrogens with one attached hydrogen (secondary N) is 1. The van der Waals surface area contributed by atoms with Gasteiger partial charge < -0.3 is 5.32 Å². The van der Waals surface area contributed by atoms with Crippen LogP contribution in [0.3, 0.4) is 0 Å². The quantitative estimate of drug-likeness (QED) is 0.629. The smallest absolute Gasteiger partial charge is 0.248 e. The van der Waals surface area contributed by atoms with E-state index in [9.17, 15) is 14.0 Å². The molecule has 1 aliphatic carbocycles. The number of anilines is 1. The van der Waals surface area contributed by atoms with Gasteiger partial charge in [0.05, 0.1) is 0 Å². The number of halogens is 3. The molecule has 2 aromatic carbocycles. The molecule has 1 N–H and O–H groups in total. The lowest BCUT2D eigenvalue weighted by Crippen LogP contribution is -2.47. The summed E-state index contributed by atoms with van der Waals surface area (Å²) in [6.45, 7) is 0. The van der Waals surface area contributed by atoms with Crippen LogP contribution in [0.15, 0.2) is 48.5 Å². The van der Waals surface area contributed by atoms with E-state index in [-0.39, 0.29) is 17.8 Å². The van der Waals surface area contributed by atoms with Gasteiger partial charge in [-0.25, -0.2) is 4.39 Å². The van der Waals surface area contributed by atoms with Crippen LogP contribution >= 0.6 is 23.2 Å². The molecule has 1 aliphatic rings. The molecule has 0 radical (unpaired) electrons. The number of carbonyl (C=O) groups excluding carboxylic acids is 2. The highest BCUT2D eigenvalue weighted by Gasteiger charge is 2.33. The van der Waals surface area contributed by atoms with Crippen LogP contribution in [0, 0.1) is 5.82 Å². The van der Waals surface area contributed by atoms with E-state index in [0.717, 1.165) is 25.7 Å². The molecular formula is C22H23Cl2FN2O2. The Bertz CT molecular complexity index is 837. The van der Waals surface area contributed by atoms with E-state index in [4.69, 9.17) is 23.2 Å². The summed E-state index contributed by atoms with van der Waals surface area (Å²) >= 11 is 11.9. The first-order valence-corrected chi connectivity index (χ1v) is 10.6. The third kappa shape index (κ3) is 5.49. The van der Waals surface area contributed by atoms with Gasteiger partial charge in [-0.05, 0) is 54.8 Å². The second-order valence-corrected chi connectivity index (χ2v) is 7.88. The minimum Gasteiger partial charge on any atom is -0.351 e. The average molecular weight is 437 g/mol. The molecule has 1 fully saturated rings. The summed E-state index contributed by atoms with van der Waals surface area (Å²) in [5, 5.41) is 3.61. The van der Waals surface area contributed by atoms with Crippen LogP contribution in [0.2, 0.25) is 5.02 Å². The highest BCUT2D eigenvalue weighted by atomic mass is 35.5. The fraction of sp³-hybridized carbons (Fsp3) is 0.364. The van der Waals surface area contributed by atoms with Gasteiger partial charge in [-0.1, -0.05) is 43.0 Å². The standard InChI is InChI=1S/C22H23Cl2FN2O2/c23-14-20(28)27(19-12-10-17(25)11-13-19)21(15-6-8-16(24)9-7-15)22(29)26-18-4-2-1-3-5-18/h6-13,18,21H,1-5,14H2,(H,26,29). The average Bonchev–Trinajstić information content (AvgIpc) is 2.74. The topological polar surface area (TPSA) is 49.4 Å². The van der Waals surface area contributed by atoms with Crippen molar-refractivity contribution in [2.24, 2.45) is 0 Å². The van der Waals surface area contributed by atoms with E-state index in [0.29, 0.717) is 16.3 Å². The number of benzene rings is 2. The molecule has 1 saturated carbocycles. The van der Waals surface area contributed by atoms with E-state index in [1.54, 1.807) is 24.3 Å². The van der Waals surface area contributed by atoms with Crippen LogP contribution in [-0.2, 0) is 9.59 Å². The molecule has 7 heteroatoms. The molecule has 0 aromatic heterocycles. The Labute approximate surface area is 180 Å². The van der Waals surface area contributed by atoms with Crippen molar-refractivity contribution in [2.45, 2.75) is 44.2 Å². The maximum absolute atomic E-state index is 13.4. The summed E-state index contributed by atoms with van der Waals surface area (Å²) in [6.07, 6.45) is 5.13. The lowest BCUT2D eigenvalue weighted by molar-refractivity contribution is -0.126. The number of carbonyl (C=O) groups is 2. The van der Waals surface area contributed by atoms with Gasteiger partial charge in [0.1, 0.15) is 17.7 Å². The van der Waals surface area contributed by atoms with Crippen molar-refractivity contribution in [2.75, 3.05) is 10.8 Å². The minimum atomic E-state index is -0.939. The summed E-state index contributed by atoms with van der Waals surface area (Å²) in [5.74, 6) is -1.47. The Balaban J connectivity index is 2.00. The Kier molecular flexibility index (Phi) is 7.51. The van der Waals surface area contributed by atoms with Crippen molar-refractivity contribution in [3.05, 3.63) is 64.9 Å². The highest BCUT2D eigenvalue weighted by molar-refractivity contribution is 6.30. The van der Waals surface area contributed by atoms with E-state index in [1.807, 2.05) is 0 Å². The summed E-state index contributed by atoms with van der Waals surface area (Å²) in [5.41, 5.74) is 1.00. The first kappa shape index (κ1) is 21.6. The molecule has 1 atom stereocenters. The van der Waals surface area contributed by atoms with Crippen LogP contribution in [0.1, 0.15) is 43.7 Å². The summed E-state index contributed by atoms with van der Waals surface area (Å²) in [6, 6.07) is 11.4. The first-order chi connectivity index (χ1) is 14.0. The van der Waals surface area contributed by atoms with Crippen LogP contribution in [0.25, 0.3) is 0 Å². The zero-order valence-corrected chi connectivity index (χ0v) is 17.4. The van der Waals surface area contributed by atoms with E-state index < -0.39 is 17.8 Å². The molecule has 2 amide bonds. The predicted molar refractivity (Wildman–Crippen MR) is 114 cm³/mol. The number of nitrogens with zero attached hydrogens (tertiary/aromatic N) is 1. The molecule has 3 rings (SSSR count). The Morgan fingerprint density at radius 3 is 2.24 bits per heavy atom. The first-order valence-electron chi connectivity index (χ1n) is 9.69. The zero-order chi connectivity index (χ0) is 20.8. The van der Waals surface area contributed by atoms with E-state index >= 15 is 0 Å². The third-order valence-corrected chi connectivity index (χ3v) is 5.61. The number of rotatable bonds is 6. The number of amides is 2. The maximum Gasteiger partial charge on any atom is 0.248 e. The molecule has 154 valence electrons. The minimum absolute atomic E-state index is 0.0761. The Morgan fingerprint density at radius 1 is 1.03 bits per heavy atom. The number of hydrogen-bond donors (Lipinski definition) is 1. The molecule has 0 spiro atoms. The largest absolute Gasteiger partial charge is 0.351 e. The van der Waals surface area contributed by atoms with Crippen molar-refractivity contribution >= 4 is 40.7 Å². The molecule has 0 aliphatic heterocycles. The third-order valence-electron chi connectivity index (χ3n) is 5.13. The Morgan fingerprint density at radius 2 is 1.66 bits per heavy atom. The number of alkyl halides is 1. The number of hydrogen-bond acceptors (Lipinski definition) is 2. The van der Waals surface area contributed by atoms with Crippen molar-refractivity contribution in [1.82, 2.24) is 5.32 Å². The molecule has 0 heterocycles. The van der Waals surface area contributed by atoms with Crippen LogP contribution in [0.4, 0.5) is 10.1 Å². The second kappa shape index (κ2) is 10.1. The van der Waals surface area contributed by atoms with Crippen molar-refractivity contribution in [1.29, 1.82) is 0 Å². The highest BCUT2D eigenvalue weighted by Crippen LogP contribution is 2.30. The van der Waals surface area contributed by atoms with Gasteiger partial charge in [0, 0.05) is 16.8 Å². The van der Waals surface area contributed by atoms with Crippen molar-refractivity contribution < 1.29 is 14.0 Å². The summed E-state index contributed by atoms with van der Waals surface area (Å²) in [7, 11) is 0. The normalized spacial score (nSPS) is 15.6. The maximum atomic E-state index is 13.4. The lowest BCUT2D eigenvalue weighted by Gasteiger charge is -2.33. The summed E-state index contributed by atoms with van der Waals surface area (Å²) < 4.78 is 13.4. The van der Waals surface area contributed by atoms with Crippen LogP contribution in [0.5, 0.6) is 0 Å². The molecule has 0 saturated heterocycles. The van der Waals surface area contributed by atoms with Gasteiger partial charge >= 0.3 is 0 Å². The van der Waals surface area contributed by atoms with Crippen molar-refractivity contribution in [3.63, 3.8) is 0 Å². The van der Waals surface area contributed by atoms with Gasteiger partial charge in [0.15, 0.2) is 0 Å². The van der Waals surface area contributed by atoms with E-state index in [1.165, 1.54) is 35.6 Å². The second-order valence-electron chi connectivity index (χ2n) is 7.17. The summed E-state index contributed by atoms with van der Waals surface area (Å²) in [4.78, 5) is 27.4. The van der Waals surface area contributed by atoms with Crippen LogP contribution in [-0.4, -0.2) is 23.7 Å². The van der Waals surface area contributed by atoms with Crippen molar-refractivity contribution in [3.8, 4) is 0 Å². The van der Waals surface area contributed by atoms with E-state index in [2.05, 4.69) is 5.32 Å². The molecule has 4 nitrogen and oxygen atoms in total. The predicted octanol–water partition coefficient (Wildman–Crippen LogP) is 5.24. The zero-order valence-electron chi connectivity index (χ0n) is 15.9. The molecule has 2 aromatic rings. The van der Waals surface area contributed by atoms with Gasteiger partial charge in [0.25, 0.3) is 0 Å². The molecule has 1 unspecified atom stereocenters.